The zero-order valence-electron chi connectivity index (χ0n) is 23.9. The lowest BCUT2D eigenvalue weighted by Crippen LogP contribution is -2.49. The number of nitrogens with zero attached hydrogens (tertiary/aromatic N) is 6. The summed E-state index contributed by atoms with van der Waals surface area (Å²) >= 11 is 6.85. The fourth-order valence-corrected chi connectivity index (χ4v) is 6.40. The van der Waals surface area contributed by atoms with Gasteiger partial charge in [0.2, 0.25) is 5.91 Å². The Labute approximate surface area is 255 Å². The number of amides is 2. The van der Waals surface area contributed by atoms with Crippen LogP contribution < -0.4 is 20.6 Å². The first kappa shape index (κ1) is 28.0. The van der Waals surface area contributed by atoms with E-state index in [0.29, 0.717) is 36.4 Å². The van der Waals surface area contributed by atoms with Gasteiger partial charge in [0.1, 0.15) is 23.1 Å². The average molecular weight is 616 g/mol. The van der Waals surface area contributed by atoms with Crippen LogP contribution in [0.2, 0.25) is 5.02 Å². The molecule has 2 aliphatic heterocycles. The second-order valence-electron chi connectivity index (χ2n) is 11.2. The zero-order valence-corrected chi connectivity index (χ0v) is 24.6. The number of fused-ring (bicyclic) bond motifs is 6. The van der Waals surface area contributed by atoms with Gasteiger partial charge in [-0.25, -0.2) is 18.7 Å². The first-order valence-corrected chi connectivity index (χ1v) is 14.6. The first-order valence-electron chi connectivity index (χ1n) is 14.2. The molecule has 2 fully saturated rings. The summed E-state index contributed by atoms with van der Waals surface area (Å²) in [7, 11) is 0. The van der Waals surface area contributed by atoms with Crippen molar-refractivity contribution in [2.24, 2.45) is 0 Å². The van der Waals surface area contributed by atoms with Crippen molar-refractivity contribution in [3.05, 3.63) is 76.2 Å². The van der Waals surface area contributed by atoms with Gasteiger partial charge in [-0.3, -0.25) is 14.6 Å². The fraction of sp³-hybridized carbons (Fsp3) is 0.290. The highest BCUT2D eigenvalue weighted by Crippen LogP contribution is 2.43. The highest BCUT2D eigenvalue weighted by atomic mass is 35.5. The summed E-state index contributed by atoms with van der Waals surface area (Å²) in [6.07, 6.45) is 3.56. The average Bonchev–Trinajstić information content (AvgIpc) is 3.80. The van der Waals surface area contributed by atoms with E-state index < -0.39 is 24.0 Å². The lowest BCUT2D eigenvalue weighted by Gasteiger charge is -2.35. The van der Waals surface area contributed by atoms with E-state index in [4.69, 9.17) is 21.3 Å². The summed E-state index contributed by atoms with van der Waals surface area (Å²) in [6, 6.07) is 7.35. The molecule has 1 aromatic carbocycles. The number of ether oxygens (including phenoxy) is 1. The lowest BCUT2D eigenvalue weighted by atomic mass is 10.1. The van der Waals surface area contributed by atoms with Crippen LogP contribution in [0.4, 0.5) is 15.9 Å². The fourth-order valence-electron chi connectivity index (χ4n) is 6.15. The van der Waals surface area contributed by atoms with Crippen LogP contribution in [0.3, 0.4) is 0 Å². The molecule has 44 heavy (non-hydrogen) atoms. The van der Waals surface area contributed by atoms with Crippen LogP contribution in [0.1, 0.15) is 31.9 Å². The van der Waals surface area contributed by atoms with Gasteiger partial charge in [0, 0.05) is 25.4 Å². The number of nitrogens with one attached hydrogen (secondary N) is 1. The number of pyridine rings is 2. The number of piperazine rings is 1. The molecule has 3 aromatic heterocycles. The molecule has 2 amide bonds. The standard InChI is InChI=1S/C31H27ClFN7O4/c1-4-24(42)38-10-11-39(21-13-20(21)38)29-16-12-17(32)27-25-18(33)6-5-7-19(25)35-23(41)14-44-22-8-9-34-26(15(2)3)28(22)40(30(16)36-27)31(43)37-29/h4-9,12,15,20-21H,1,10-11,13-14H2,2-3H3,(H,35,41)/t20-,21?/m1/s1. The van der Waals surface area contributed by atoms with Crippen molar-refractivity contribution in [3.63, 3.8) is 0 Å². The largest absolute Gasteiger partial charge is 0.481 e. The molecule has 13 heteroatoms. The molecule has 2 atom stereocenters. The monoisotopic (exact) mass is 615 g/mol. The highest BCUT2D eigenvalue weighted by Gasteiger charge is 2.51. The van der Waals surface area contributed by atoms with E-state index in [0.717, 1.165) is 0 Å². The van der Waals surface area contributed by atoms with Crippen molar-refractivity contribution < 1.29 is 18.7 Å². The van der Waals surface area contributed by atoms with Gasteiger partial charge in [0.05, 0.1) is 45.1 Å². The Morgan fingerprint density at radius 3 is 2.80 bits per heavy atom. The molecule has 0 spiro atoms. The van der Waals surface area contributed by atoms with Crippen molar-refractivity contribution in [1.29, 1.82) is 0 Å². The Bertz CT molecular complexity index is 1960. The Kier molecular flexibility index (Phi) is 6.61. The highest BCUT2D eigenvalue weighted by molar-refractivity contribution is 6.34. The summed E-state index contributed by atoms with van der Waals surface area (Å²) in [5, 5.41) is 3.26. The summed E-state index contributed by atoms with van der Waals surface area (Å²) in [5.74, 6) is -0.908. The number of carbonyl (C=O) groups excluding carboxylic acids is 2. The maximum absolute atomic E-state index is 15.5. The van der Waals surface area contributed by atoms with E-state index in [-0.39, 0.29) is 63.0 Å². The molecule has 2 bridgehead atoms. The molecule has 1 unspecified atom stereocenters. The van der Waals surface area contributed by atoms with Gasteiger partial charge >= 0.3 is 5.69 Å². The molecule has 7 rings (SSSR count). The molecule has 224 valence electrons. The van der Waals surface area contributed by atoms with Gasteiger partial charge in [-0.1, -0.05) is 38.1 Å². The number of rotatable bonds is 3. The first-order chi connectivity index (χ1) is 21.2. The lowest BCUT2D eigenvalue weighted by molar-refractivity contribution is -0.127. The molecule has 0 radical (unpaired) electrons. The predicted molar refractivity (Wildman–Crippen MR) is 163 cm³/mol. The Balaban J connectivity index is 1.54. The molecule has 1 saturated carbocycles. The van der Waals surface area contributed by atoms with Gasteiger partial charge < -0.3 is 19.9 Å². The van der Waals surface area contributed by atoms with Gasteiger partial charge in [-0.15, -0.1) is 0 Å². The maximum Gasteiger partial charge on any atom is 0.356 e. The molecule has 1 saturated heterocycles. The third-order valence-corrected chi connectivity index (χ3v) is 8.50. The third kappa shape index (κ3) is 4.39. The van der Waals surface area contributed by atoms with Gasteiger partial charge in [0.25, 0.3) is 5.91 Å². The van der Waals surface area contributed by atoms with Crippen molar-refractivity contribution in [2.45, 2.75) is 38.3 Å². The van der Waals surface area contributed by atoms with Crippen molar-refractivity contribution >= 4 is 46.0 Å². The van der Waals surface area contributed by atoms with E-state index in [1.807, 2.05) is 18.7 Å². The number of hydrogen-bond donors (Lipinski definition) is 1. The van der Waals surface area contributed by atoms with Crippen LogP contribution in [0, 0.1) is 5.82 Å². The van der Waals surface area contributed by atoms with E-state index >= 15 is 4.39 Å². The molecule has 3 aliphatic rings. The quantitative estimate of drug-likeness (QED) is 0.342. The van der Waals surface area contributed by atoms with Crippen molar-refractivity contribution in [2.75, 3.05) is 29.9 Å². The Morgan fingerprint density at radius 1 is 1.20 bits per heavy atom. The van der Waals surface area contributed by atoms with E-state index in [1.54, 1.807) is 29.3 Å². The Hall–Kier alpha value is -4.84. The van der Waals surface area contributed by atoms with Crippen LogP contribution in [0.5, 0.6) is 5.75 Å². The molecular weight excluding hydrogens is 589 g/mol. The zero-order chi connectivity index (χ0) is 30.9. The number of carbonyl (C=O) groups is 2. The minimum atomic E-state index is -0.662. The van der Waals surface area contributed by atoms with Gasteiger partial charge in [-0.2, -0.15) is 4.98 Å². The molecule has 4 aromatic rings. The minimum Gasteiger partial charge on any atom is -0.481 e. The number of hydrogen-bond acceptors (Lipinski definition) is 8. The SMILES string of the molecule is C=CC(=O)N1CCN(c2nc(=O)n3c4nc(c(Cl)cc24)-c2c(F)cccc2NC(=O)COc2ccnc(C(C)C)c2-3)C2C[C@H]21. The Morgan fingerprint density at radius 2 is 2.02 bits per heavy atom. The van der Waals surface area contributed by atoms with Crippen molar-refractivity contribution in [3.8, 4) is 22.7 Å². The molecular formula is C31H27ClFN7O4. The van der Waals surface area contributed by atoms with E-state index in [9.17, 15) is 14.4 Å². The predicted octanol–water partition coefficient (Wildman–Crippen LogP) is 4.07. The van der Waals surface area contributed by atoms with Crippen LogP contribution in [-0.4, -0.2) is 68.0 Å². The maximum atomic E-state index is 15.5. The molecule has 1 N–H and O–H groups in total. The van der Waals surface area contributed by atoms with E-state index in [2.05, 4.69) is 21.9 Å². The number of halogens is 2. The van der Waals surface area contributed by atoms with Gasteiger partial charge in [0.15, 0.2) is 12.3 Å². The molecule has 11 nitrogen and oxygen atoms in total. The number of aromatic nitrogens is 4. The molecule has 1 aliphatic carbocycles. The second kappa shape index (κ2) is 10.4. The van der Waals surface area contributed by atoms with Crippen LogP contribution >= 0.6 is 11.6 Å². The minimum absolute atomic E-state index is 0.0278. The molecule has 5 heterocycles. The summed E-state index contributed by atoms with van der Waals surface area (Å²) in [4.78, 5) is 57.2. The topological polar surface area (TPSA) is 123 Å². The van der Waals surface area contributed by atoms with Gasteiger partial charge in [-0.05, 0) is 36.6 Å². The smallest absolute Gasteiger partial charge is 0.356 e. The number of anilines is 2. The summed E-state index contributed by atoms with van der Waals surface area (Å²) in [6.45, 7) is 7.87. The second-order valence-corrected chi connectivity index (χ2v) is 11.6. The van der Waals surface area contributed by atoms with Crippen LogP contribution in [0.15, 0.2) is 54.0 Å². The van der Waals surface area contributed by atoms with Crippen molar-refractivity contribution in [1.82, 2.24) is 24.4 Å². The number of benzene rings is 1. The normalized spacial score (nSPS) is 18.9. The van der Waals surface area contributed by atoms with Crippen LogP contribution in [0.25, 0.3) is 28.0 Å². The summed E-state index contributed by atoms with van der Waals surface area (Å²) in [5.41, 5.74) is 0.471. The third-order valence-electron chi connectivity index (χ3n) is 8.21. The van der Waals surface area contributed by atoms with E-state index in [1.165, 1.54) is 22.8 Å². The summed E-state index contributed by atoms with van der Waals surface area (Å²) < 4.78 is 22.8. The van der Waals surface area contributed by atoms with Crippen LogP contribution in [-0.2, 0) is 9.59 Å².